The predicted octanol–water partition coefficient (Wildman–Crippen LogP) is 3.53. The summed E-state index contributed by atoms with van der Waals surface area (Å²) in [7, 11) is 0. The second-order valence-corrected chi connectivity index (χ2v) is 5.52. The number of nitrogens with one attached hydrogen (secondary N) is 1. The maximum Gasteiger partial charge on any atom is 0.0351 e. The van der Waals surface area contributed by atoms with E-state index in [0.717, 1.165) is 11.8 Å². The molecule has 1 N–H and O–H groups in total. The summed E-state index contributed by atoms with van der Waals surface area (Å²) < 4.78 is 0. The molecule has 0 heterocycles. The monoisotopic (exact) mass is 215 g/mol. The average Bonchev–Trinajstić information content (AvgIpc) is 3.19. The van der Waals surface area contributed by atoms with E-state index in [9.17, 15) is 0 Å². The van der Waals surface area contributed by atoms with Crippen LogP contribution in [-0.4, -0.2) is 6.04 Å². The predicted molar refractivity (Wildman–Crippen MR) is 67.2 cm³/mol. The van der Waals surface area contributed by atoms with E-state index in [4.69, 9.17) is 0 Å². The summed E-state index contributed by atoms with van der Waals surface area (Å²) in [5, 5.41) is 3.86. The Labute approximate surface area is 98.3 Å². The molecule has 2 fully saturated rings. The Kier molecular flexibility index (Phi) is 2.72. The smallest absolute Gasteiger partial charge is 0.0351 e. The number of benzene rings is 1. The molecule has 2 aliphatic rings. The lowest BCUT2D eigenvalue weighted by atomic mass is 10.0. The molecule has 0 bridgehead atoms. The van der Waals surface area contributed by atoms with Crippen LogP contribution in [0.4, 0.5) is 0 Å². The van der Waals surface area contributed by atoms with Crippen molar-refractivity contribution in [2.75, 3.05) is 0 Å². The van der Waals surface area contributed by atoms with Crippen molar-refractivity contribution in [1.82, 2.24) is 5.32 Å². The van der Waals surface area contributed by atoms with Gasteiger partial charge in [-0.25, -0.2) is 0 Å². The minimum atomic E-state index is 0.608. The maximum atomic E-state index is 3.86. The fourth-order valence-electron chi connectivity index (χ4n) is 2.61. The molecule has 1 aromatic rings. The molecule has 0 amide bonds. The summed E-state index contributed by atoms with van der Waals surface area (Å²) in [5.41, 5.74) is 1.48. The fraction of sp³-hybridized carbons (Fsp3) is 0.600. The van der Waals surface area contributed by atoms with Crippen LogP contribution < -0.4 is 5.32 Å². The van der Waals surface area contributed by atoms with Crippen LogP contribution in [0.25, 0.3) is 0 Å². The zero-order valence-electron chi connectivity index (χ0n) is 10.0. The summed E-state index contributed by atoms with van der Waals surface area (Å²) in [6, 6.07) is 12.3. The lowest BCUT2D eigenvalue weighted by Crippen LogP contribution is -2.33. The maximum absolute atomic E-state index is 3.86. The van der Waals surface area contributed by atoms with Gasteiger partial charge in [0, 0.05) is 12.1 Å². The molecule has 1 nitrogen and oxygen atoms in total. The van der Waals surface area contributed by atoms with Crippen LogP contribution in [-0.2, 0) is 0 Å². The summed E-state index contributed by atoms with van der Waals surface area (Å²) >= 11 is 0. The van der Waals surface area contributed by atoms with E-state index in [1.54, 1.807) is 0 Å². The van der Waals surface area contributed by atoms with Crippen molar-refractivity contribution in [2.24, 2.45) is 11.8 Å². The van der Waals surface area contributed by atoms with E-state index in [1.165, 1.54) is 31.2 Å². The van der Waals surface area contributed by atoms with Crippen molar-refractivity contribution in [2.45, 2.75) is 44.7 Å². The Balaban J connectivity index is 1.70. The van der Waals surface area contributed by atoms with E-state index in [1.807, 2.05) is 0 Å². The van der Waals surface area contributed by atoms with Gasteiger partial charge >= 0.3 is 0 Å². The Hall–Kier alpha value is -0.820. The fourth-order valence-corrected chi connectivity index (χ4v) is 2.61. The van der Waals surface area contributed by atoms with E-state index in [2.05, 4.69) is 42.6 Å². The Morgan fingerprint density at radius 3 is 2.19 bits per heavy atom. The van der Waals surface area contributed by atoms with Crippen LogP contribution in [0, 0.1) is 11.8 Å². The highest BCUT2D eigenvalue weighted by Crippen LogP contribution is 2.42. The van der Waals surface area contributed by atoms with Crippen molar-refractivity contribution in [3.05, 3.63) is 35.9 Å². The van der Waals surface area contributed by atoms with Gasteiger partial charge in [-0.3, -0.25) is 0 Å². The summed E-state index contributed by atoms with van der Waals surface area (Å²) in [5.74, 6) is 1.84. The molecule has 2 aliphatic carbocycles. The highest BCUT2D eigenvalue weighted by Gasteiger charge is 2.36. The van der Waals surface area contributed by atoms with Gasteiger partial charge in [0.15, 0.2) is 0 Å². The molecule has 86 valence electrons. The van der Waals surface area contributed by atoms with Gasteiger partial charge in [0.2, 0.25) is 0 Å². The van der Waals surface area contributed by atoms with Crippen LogP contribution in [0.2, 0.25) is 0 Å². The third kappa shape index (κ3) is 2.30. The van der Waals surface area contributed by atoms with Crippen molar-refractivity contribution >= 4 is 0 Å². The zero-order chi connectivity index (χ0) is 11.0. The van der Waals surface area contributed by atoms with Crippen molar-refractivity contribution in [1.29, 1.82) is 0 Å². The van der Waals surface area contributed by atoms with Crippen LogP contribution in [0.5, 0.6) is 0 Å². The highest BCUT2D eigenvalue weighted by molar-refractivity contribution is 5.21. The van der Waals surface area contributed by atoms with E-state index < -0.39 is 0 Å². The molecule has 1 heteroatoms. The summed E-state index contributed by atoms with van der Waals surface area (Å²) in [6.07, 6.45) is 5.68. The number of rotatable bonds is 5. The molecule has 0 aromatic heterocycles. The second kappa shape index (κ2) is 4.21. The number of hydrogen-bond acceptors (Lipinski definition) is 1. The Morgan fingerprint density at radius 2 is 1.62 bits per heavy atom. The molecular weight excluding hydrogens is 194 g/mol. The van der Waals surface area contributed by atoms with Gasteiger partial charge < -0.3 is 5.32 Å². The minimum Gasteiger partial charge on any atom is -0.307 e. The summed E-state index contributed by atoms with van der Waals surface area (Å²) in [6.45, 7) is 2.36. The van der Waals surface area contributed by atoms with Gasteiger partial charge in [-0.15, -0.1) is 0 Å². The number of hydrogen-bond donors (Lipinski definition) is 1. The lowest BCUT2D eigenvalue weighted by molar-refractivity contribution is 0.392. The highest BCUT2D eigenvalue weighted by atomic mass is 15.0. The first-order valence-corrected chi connectivity index (χ1v) is 6.65. The minimum absolute atomic E-state index is 0.608. The van der Waals surface area contributed by atoms with Gasteiger partial charge in [0.25, 0.3) is 0 Å². The van der Waals surface area contributed by atoms with Crippen LogP contribution in [0.15, 0.2) is 30.3 Å². The Bertz CT molecular complexity index is 338. The first-order chi connectivity index (χ1) is 7.84. The topological polar surface area (TPSA) is 12.0 Å². The van der Waals surface area contributed by atoms with Gasteiger partial charge in [-0.05, 0) is 50.0 Å². The zero-order valence-corrected chi connectivity index (χ0v) is 10.0. The quantitative estimate of drug-likeness (QED) is 0.792. The van der Waals surface area contributed by atoms with Crippen LogP contribution in [0.1, 0.15) is 44.2 Å². The normalized spacial score (nSPS) is 24.1. The molecule has 3 rings (SSSR count). The molecule has 1 aromatic carbocycles. The lowest BCUT2D eigenvalue weighted by Gasteiger charge is -2.23. The van der Waals surface area contributed by atoms with Crippen LogP contribution >= 0.6 is 0 Å². The Morgan fingerprint density at radius 1 is 1.00 bits per heavy atom. The van der Waals surface area contributed by atoms with Crippen molar-refractivity contribution < 1.29 is 0 Å². The van der Waals surface area contributed by atoms with Crippen molar-refractivity contribution in [3.8, 4) is 0 Å². The van der Waals surface area contributed by atoms with Crippen molar-refractivity contribution in [3.63, 3.8) is 0 Å². The first-order valence-electron chi connectivity index (χ1n) is 6.65. The van der Waals surface area contributed by atoms with E-state index >= 15 is 0 Å². The van der Waals surface area contributed by atoms with Gasteiger partial charge in [0.05, 0.1) is 0 Å². The molecule has 2 atom stereocenters. The standard InChI is InChI=1S/C15H21N/c1-11(12-7-8-12)16-15(14-9-10-14)13-5-3-2-4-6-13/h2-6,11-12,14-16H,7-10H2,1H3. The van der Waals surface area contributed by atoms with Crippen LogP contribution in [0.3, 0.4) is 0 Å². The molecule has 0 saturated heterocycles. The SMILES string of the molecule is CC(NC(c1ccccc1)C1CC1)C1CC1. The molecule has 0 spiro atoms. The average molecular weight is 215 g/mol. The molecule has 2 saturated carbocycles. The molecule has 2 unspecified atom stereocenters. The third-order valence-electron chi connectivity index (χ3n) is 4.02. The van der Waals surface area contributed by atoms with Gasteiger partial charge in [-0.1, -0.05) is 30.3 Å². The van der Waals surface area contributed by atoms with E-state index in [0.29, 0.717) is 12.1 Å². The molecule has 16 heavy (non-hydrogen) atoms. The summed E-state index contributed by atoms with van der Waals surface area (Å²) in [4.78, 5) is 0. The first kappa shape index (κ1) is 10.3. The molecular formula is C15H21N. The van der Waals surface area contributed by atoms with Gasteiger partial charge in [-0.2, -0.15) is 0 Å². The molecule has 0 aliphatic heterocycles. The van der Waals surface area contributed by atoms with E-state index in [-0.39, 0.29) is 0 Å². The molecule has 0 radical (unpaired) electrons. The second-order valence-electron chi connectivity index (χ2n) is 5.52. The third-order valence-corrected chi connectivity index (χ3v) is 4.02. The van der Waals surface area contributed by atoms with Gasteiger partial charge in [0.1, 0.15) is 0 Å². The largest absolute Gasteiger partial charge is 0.307 e.